The number of hydrogen-bond donors (Lipinski definition) is 2. The first-order chi connectivity index (χ1) is 11.6. The summed E-state index contributed by atoms with van der Waals surface area (Å²) in [6.45, 7) is 5.75. The Balaban J connectivity index is 0.000000194. The van der Waals surface area contributed by atoms with Crippen LogP contribution < -0.4 is 5.32 Å². The number of likely N-dealkylation sites (tertiary alicyclic amines) is 1. The number of carboxylic acid groups (broad SMARTS) is 1. The van der Waals surface area contributed by atoms with Crippen LogP contribution in [-0.4, -0.2) is 46.2 Å². The van der Waals surface area contributed by atoms with Crippen molar-refractivity contribution in [3.63, 3.8) is 0 Å². The molecule has 2 aliphatic heterocycles. The number of carbonyl (C=O) groups excluding carboxylic acids is 2. The van der Waals surface area contributed by atoms with Crippen molar-refractivity contribution in [2.75, 3.05) is 11.9 Å². The molecule has 0 saturated carbocycles. The van der Waals surface area contributed by atoms with Crippen LogP contribution in [0.2, 0.25) is 5.02 Å². The number of anilines is 1. The van der Waals surface area contributed by atoms with Crippen LogP contribution in [0.4, 0.5) is 10.5 Å². The van der Waals surface area contributed by atoms with E-state index in [0.29, 0.717) is 18.0 Å². The Morgan fingerprint density at radius 1 is 1.36 bits per heavy atom. The van der Waals surface area contributed by atoms with Crippen LogP contribution in [0, 0.1) is 0 Å². The van der Waals surface area contributed by atoms with E-state index in [-0.39, 0.29) is 5.91 Å². The molecule has 2 N–H and O–H groups in total. The van der Waals surface area contributed by atoms with Gasteiger partial charge in [0.1, 0.15) is 11.6 Å². The normalized spacial score (nSPS) is 18.3. The molecule has 136 valence electrons. The van der Waals surface area contributed by atoms with Crippen LogP contribution >= 0.6 is 11.6 Å². The number of ether oxygens (including phenoxy) is 1. The van der Waals surface area contributed by atoms with Crippen LogP contribution in [-0.2, 0) is 9.53 Å². The van der Waals surface area contributed by atoms with Gasteiger partial charge in [-0.3, -0.25) is 9.69 Å². The molecule has 0 spiro atoms. The van der Waals surface area contributed by atoms with Gasteiger partial charge in [0.05, 0.1) is 11.3 Å². The number of rotatable bonds is 1. The third-order valence-corrected chi connectivity index (χ3v) is 3.88. The van der Waals surface area contributed by atoms with Crippen molar-refractivity contribution in [1.82, 2.24) is 4.90 Å². The Labute approximate surface area is 150 Å². The molecule has 25 heavy (non-hydrogen) atoms. The predicted octanol–water partition coefficient (Wildman–Crippen LogP) is 3.38. The number of halogens is 1. The van der Waals surface area contributed by atoms with Gasteiger partial charge >= 0.3 is 12.1 Å². The largest absolute Gasteiger partial charge is 0.480 e. The summed E-state index contributed by atoms with van der Waals surface area (Å²) in [7, 11) is 0. The summed E-state index contributed by atoms with van der Waals surface area (Å²) in [6.07, 6.45) is 0.692. The van der Waals surface area contributed by atoms with Crippen molar-refractivity contribution in [2.24, 2.45) is 0 Å². The number of carboxylic acids is 1. The second-order valence-electron chi connectivity index (χ2n) is 6.81. The summed E-state index contributed by atoms with van der Waals surface area (Å²) in [4.78, 5) is 34.4. The van der Waals surface area contributed by atoms with Crippen LogP contribution in [0.1, 0.15) is 44.0 Å². The third kappa shape index (κ3) is 4.85. The van der Waals surface area contributed by atoms with Gasteiger partial charge < -0.3 is 15.2 Å². The molecule has 3 rings (SSSR count). The highest BCUT2D eigenvalue weighted by Crippen LogP contribution is 2.28. The molecule has 2 aliphatic rings. The second kappa shape index (κ2) is 7.31. The van der Waals surface area contributed by atoms with Gasteiger partial charge in [-0.25, -0.2) is 9.59 Å². The van der Waals surface area contributed by atoms with Gasteiger partial charge in [-0.1, -0.05) is 11.6 Å². The zero-order valence-electron chi connectivity index (χ0n) is 14.3. The molecule has 1 atom stereocenters. The summed E-state index contributed by atoms with van der Waals surface area (Å²) >= 11 is 5.65. The molecule has 2 heterocycles. The van der Waals surface area contributed by atoms with Gasteiger partial charge in [0.25, 0.3) is 5.91 Å². The number of amides is 2. The molecule has 0 radical (unpaired) electrons. The Bertz CT molecular complexity index is 699. The van der Waals surface area contributed by atoms with Crippen LogP contribution in [0.15, 0.2) is 18.2 Å². The molecule has 7 nitrogen and oxygen atoms in total. The maximum Gasteiger partial charge on any atom is 0.411 e. The van der Waals surface area contributed by atoms with Gasteiger partial charge in [-0.05, 0) is 51.8 Å². The second-order valence-corrected chi connectivity index (χ2v) is 7.25. The maximum atomic E-state index is 11.6. The molecule has 1 unspecified atom stereocenters. The minimum Gasteiger partial charge on any atom is -0.480 e. The van der Waals surface area contributed by atoms with Gasteiger partial charge in [-0.2, -0.15) is 0 Å². The highest BCUT2D eigenvalue weighted by atomic mass is 35.5. The van der Waals surface area contributed by atoms with E-state index < -0.39 is 23.7 Å². The zero-order chi connectivity index (χ0) is 18.8. The minimum absolute atomic E-state index is 0.0216. The number of benzene rings is 1. The molecule has 1 fully saturated rings. The number of nitrogens with zero attached hydrogens (tertiary/aromatic N) is 1. The number of fused-ring (bicyclic) bond motifs is 1. The summed E-state index contributed by atoms with van der Waals surface area (Å²) in [6, 6.07) is 4.44. The number of aliphatic carboxylic acids is 1. The lowest BCUT2D eigenvalue weighted by Gasteiger charge is -2.26. The van der Waals surface area contributed by atoms with E-state index in [4.69, 9.17) is 21.4 Å². The van der Waals surface area contributed by atoms with Crippen molar-refractivity contribution in [2.45, 2.75) is 45.3 Å². The monoisotopic (exact) mass is 368 g/mol. The summed E-state index contributed by atoms with van der Waals surface area (Å²) in [5.41, 5.74) is 0.977. The first-order valence-electron chi connectivity index (χ1n) is 7.92. The number of nitrogens with one attached hydrogen (secondary N) is 1. The molecule has 1 aromatic carbocycles. The molecular formula is C17H21ClN2O5. The Morgan fingerprint density at radius 3 is 2.56 bits per heavy atom. The molecule has 8 heteroatoms. The van der Waals surface area contributed by atoms with Crippen molar-refractivity contribution in [1.29, 1.82) is 0 Å². The third-order valence-electron chi connectivity index (χ3n) is 3.64. The van der Waals surface area contributed by atoms with E-state index in [0.717, 1.165) is 17.7 Å². The molecule has 0 aliphatic carbocycles. The first-order valence-corrected chi connectivity index (χ1v) is 8.29. The average molecular weight is 369 g/mol. The van der Waals surface area contributed by atoms with Gasteiger partial charge in [0, 0.05) is 11.6 Å². The molecule has 2 amide bonds. The average Bonchev–Trinajstić information content (AvgIpc) is 2.95. The van der Waals surface area contributed by atoms with E-state index in [2.05, 4.69) is 5.32 Å². The molecule has 1 aromatic rings. The van der Waals surface area contributed by atoms with E-state index in [1.807, 2.05) is 0 Å². The van der Waals surface area contributed by atoms with E-state index in [9.17, 15) is 14.4 Å². The van der Waals surface area contributed by atoms with Crippen LogP contribution in [0.5, 0.6) is 0 Å². The lowest BCUT2D eigenvalue weighted by molar-refractivity contribution is -0.142. The van der Waals surface area contributed by atoms with Crippen LogP contribution in [0.25, 0.3) is 0 Å². The van der Waals surface area contributed by atoms with Crippen molar-refractivity contribution >= 4 is 35.3 Å². The fourth-order valence-corrected chi connectivity index (χ4v) is 2.68. The van der Waals surface area contributed by atoms with E-state index in [1.165, 1.54) is 4.90 Å². The molecule has 1 saturated heterocycles. The lowest BCUT2D eigenvalue weighted by Crippen LogP contribution is -2.43. The zero-order valence-corrected chi connectivity index (χ0v) is 15.1. The highest BCUT2D eigenvalue weighted by Gasteiger charge is 2.36. The first kappa shape index (κ1) is 19.1. The summed E-state index contributed by atoms with van der Waals surface area (Å²) < 4.78 is 5.13. The van der Waals surface area contributed by atoms with Gasteiger partial charge in [-0.15, -0.1) is 0 Å². The topological polar surface area (TPSA) is 95.9 Å². The fourth-order valence-electron chi connectivity index (χ4n) is 2.51. The summed E-state index contributed by atoms with van der Waals surface area (Å²) in [5.74, 6) is -0.981. The summed E-state index contributed by atoms with van der Waals surface area (Å²) in [5, 5.41) is 12.1. The van der Waals surface area contributed by atoms with E-state index >= 15 is 0 Å². The van der Waals surface area contributed by atoms with E-state index in [1.54, 1.807) is 39.0 Å². The number of carbonyl (C=O) groups is 3. The fraction of sp³-hybridized carbons (Fsp3) is 0.471. The maximum absolute atomic E-state index is 11.6. The Kier molecular flexibility index (Phi) is 5.57. The predicted molar refractivity (Wildman–Crippen MR) is 93.0 cm³/mol. The van der Waals surface area contributed by atoms with Crippen molar-refractivity contribution in [3.05, 3.63) is 28.8 Å². The standard InChI is InChI=1S/C10H17NO4.C7H4ClNO/c1-10(2,3)15-9(14)11-6-4-5-7(11)8(12)13;8-4-1-2-5-6(3-4)9-7(5)10/h7H,4-6H2,1-3H3,(H,12,13);1-3H,(H,9,10). The van der Waals surface area contributed by atoms with Gasteiger partial charge in [0.15, 0.2) is 0 Å². The smallest absolute Gasteiger partial charge is 0.411 e. The van der Waals surface area contributed by atoms with Crippen molar-refractivity contribution < 1.29 is 24.2 Å². The van der Waals surface area contributed by atoms with Gasteiger partial charge in [0.2, 0.25) is 0 Å². The number of hydrogen-bond acceptors (Lipinski definition) is 4. The minimum atomic E-state index is -0.960. The quantitative estimate of drug-likeness (QED) is 0.792. The highest BCUT2D eigenvalue weighted by molar-refractivity contribution is 6.32. The molecular weight excluding hydrogens is 348 g/mol. The Morgan fingerprint density at radius 2 is 2.04 bits per heavy atom. The van der Waals surface area contributed by atoms with Crippen molar-refractivity contribution in [3.8, 4) is 0 Å². The van der Waals surface area contributed by atoms with Crippen LogP contribution in [0.3, 0.4) is 0 Å². The SMILES string of the molecule is CC(C)(C)OC(=O)N1CCCC1C(=O)O.O=C1Nc2cc(Cl)ccc21. The lowest BCUT2D eigenvalue weighted by atomic mass is 10.1. The Hall–Kier alpha value is -2.28. The molecule has 0 aromatic heterocycles. The molecule has 0 bridgehead atoms.